The van der Waals surface area contributed by atoms with Gasteiger partial charge in [0, 0.05) is 5.41 Å². The highest BCUT2D eigenvalue weighted by molar-refractivity contribution is 5.79. The van der Waals surface area contributed by atoms with Crippen LogP contribution >= 0.6 is 0 Å². The van der Waals surface area contributed by atoms with Crippen molar-refractivity contribution in [3.63, 3.8) is 0 Å². The number of fused-ring (bicyclic) bond motifs is 2. The molecule has 0 saturated heterocycles. The molecule has 2 aliphatic rings. The smallest absolute Gasteiger partial charge is 0.307 e. The van der Waals surface area contributed by atoms with E-state index in [1.165, 1.54) is 16.7 Å². The molecule has 0 bridgehead atoms. The van der Waals surface area contributed by atoms with Gasteiger partial charge in [0.15, 0.2) is 0 Å². The number of ether oxygens (including phenoxy) is 1. The first kappa shape index (κ1) is 16.2. The standard InChI is InChI=1S/C22H24O3/c1-15-20(21(23)24)22(15)12-11-17-14-18(9-10-19(17)22)25-13-5-8-16-6-3-2-4-7-16/h2-4,6-7,9-10,14-15,20H,5,8,11-13H2,1H3,(H,23,24). The normalized spacial score (nSPS) is 26.4. The predicted octanol–water partition coefficient (Wildman–Crippen LogP) is 4.23. The monoisotopic (exact) mass is 336 g/mol. The number of hydrogen-bond acceptors (Lipinski definition) is 2. The van der Waals surface area contributed by atoms with Crippen LogP contribution in [0, 0.1) is 11.8 Å². The van der Waals surface area contributed by atoms with Crippen LogP contribution in [0.15, 0.2) is 48.5 Å². The first-order chi connectivity index (χ1) is 12.1. The highest BCUT2D eigenvalue weighted by Gasteiger charge is 2.68. The number of carbonyl (C=O) groups is 1. The Kier molecular flexibility index (Phi) is 4.03. The maximum absolute atomic E-state index is 11.5. The van der Waals surface area contributed by atoms with Crippen molar-refractivity contribution in [1.82, 2.24) is 0 Å². The number of benzene rings is 2. The summed E-state index contributed by atoms with van der Waals surface area (Å²) < 4.78 is 5.93. The molecule has 4 rings (SSSR count). The van der Waals surface area contributed by atoms with Gasteiger partial charge in [-0.2, -0.15) is 0 Å². The molecular weight excluding hydrogens is 312 g/mol. The van der Waals surface area contributed by atoms with Crippen LogP contribution in [0.5, 0.6) is 5.75 Å². The highest BCUT2D eigenvalue weighted by Crippen LogP contribution is 2.66. The summed E-state index contributed by atoms with van der Waals surface area (Å²) in [5.74, 6) is 0.279. The van der Waals surface area contributed by atoms with Crippen LogP contribution in [0.25, 0.3) is 0 Å². The van der Waals surface area contributed by atoms with E-state index in [9.17, 15) is 9.90 Å². The van der Waals surface area contributed by atoms with E-state index in [1.807, 2.05) is 12.1 Å². The molecule has 0 aromatic heterocycles. The van der Waals surface area contributed by atoms with Gasteiger partial charge in [0.25, 0.3) is 0 Å². The quantitative estimate of drug-likeness (QED) is 0.803. The van der Waals surface area contributed by atoms with Crippen molar-refractivity contribution in [1.29, 1.82) is 0 Å². The molecule has 3 atom stereocenters. The maximum atomic E-state index is 11.5. The van der Waals surface area contributed by atoms with Gasteiger partial charge >= 0.3 is 5.97 Å². The zero-order valence-corrected chi connectivity index (χ0v) is 14.6. The van der Waals surface area contributed by atoms with E-state index in [-0.39, 0.29) is 17.3 Å². The summed E-state index contributed by atoms with van der Waals surface area (Å²) in [6.07, 6.45) is 3.93. The maximum Gasteiger partial charge on any atom is 0.307 e. The van der Waals surface area contributed by atoms with E-state index in [0.29, 0.717) is 6.61 Å². The van der Waals surface area contributed by atoms with Crippen molar-refractivity contribution in [2.24, 2.45) is 11.8 Å². The van der Waals surface area contributed by atoms with E-state index < -0.39 is 5.97 Å². The first-order valence-corrected chi connectivity index (χ1v) is 9.16. The van der Waals surface area contributed by atoms with Gasteiger partial charge in [0.2, 0.25) is 0 Å². The van der Waals surface area contributed by atoms with Gasteiger partial charge in [0.05, 0.1) is 12.5 Å². The number of rotatable bonds is 6. The summed E-state index contributed by atoms with van der Waals surface area (Å²) in [5.41, 5.74) is 3.73. The van der Waals surface area contributed by atoms with Crippen LogP contribution in [0.4, 0.5) is 0 Å². The van der Waals surface area contributed by atoms with Crippen molar-refractivity contribution < 1.29 is 14.6 Å². The van der Waals surface area contributed by atoms with Gasteiger partial charge in [-0.3, -0.25) is 4.79 Å². The molecular formula is C22H24O3. The molecule has 130 valence electrons. The minimum Gasteiger partial charge on any atom is -0.494 e. The summed E-state index contributed by atoms with van der Waals surface area (Å²) in [4.78, 5) is 11.5. The number of carboxylic acid groups (broad SMARTS) is 1. The Hall–Kier alpha value is -2.29. The van der Waals surface area contributed by atoms with Crippen molar-refractivity contribution in [3.05, 3.63) is 65.2 Å². The third kappa shape index (κ3) is 2.72. The van der Waals surface area contributed by atoms with Crippen LogP contribution < -0.4 is 4.74 Å². The Balaban J connectivity index is 1.37. The number of carboxylic acids is 1. The van der Waals surface area contributed by atoms with E-state index in [1.54, 1.807) is 0 Å². The fraction of sp³-hybridized carbons (Fsp3) is 0.409. The second-order valence-corrected chi connectivity index (χ2v) is 7.40. The second kappa shape index (κ2) is 6.21. The van der Waals surface area contributed by atoms with Gasteiger partial charge in [-0.25, -0.2) is 0 Å². The zero-order chi connectivity index (χ0) is 17.4. The lowest BCUT2D eigenvalue weighted by Gasteiger charge is -2.12. The Labute approximate surface area is 148 Å². The van der Waals surface area contributed by atoms with E-state index in [0.717, 1.165) is 31.4 Å². The predicted molar refractivity (Wildman–Crippen MR) is 97.0 cm³/mol. The molecule has 25 heavy (non-hydrogen) atoms. The molecule has 3 heteroatoms. The Morgan fingerprint density at radius 1 is 1.24 bits per heavy atom. The molecule has 2 aromatic carbocycles. The van der Waals surface area contributed by atoms with Crippen molar-refractivity contribution in [3.8, 4) is 5.75 Å². The zero-order valence-electron chi connectivity index (χ0n) is 14.6. The van der Waals surface area contributed by atoms with Crippen LogP contribution in [0.3, 0.4) is 0 Å². The molecule has 1 saturated carbocycles. The van der Waals surface area contributed by atoms with Gasteiger partial charge in [-0.15, -0.1) is 0 Å². The van der Waals surface area contributed by atoms with Crippen LogP contribution in [-0.2, 0) is 23.1 Å². The van der Waals surface area contributed by atoms with Crippen LogP contribution in [0.1, 0.15) is 36.5 Å². The summed E-state index contributed by atoms with van der Waals surface area (Å²) in [5, 5.41) is 9.44. The van der Waals surface area contributed by atoms with Gasteiger partial charge in [-0.05, 0) is 60.4 Å². The fourth-order valence-corrected chi connectivity index (χ4v) is 4.77. The SMILES string of the molecule is CC1C(C(=O)O)C12CCc1cc(OCCCc3ccccc3)ccc12. The Bertz CT molecular complexity index is 783. The molecule has 1 fully saturated rings. The summed E-state index contributed by atoms with van der Waals surface area (Å²) >= 11 is 0. The fourth-order valence-electron chi connectivity index (χ4n) is 4.77. The molecule has 3 nitrogen and oxygen atoms in total. The van der Waals surface area contributed by atoms with Crippen molar-refractivity contribution >= 4 is 5.97 Å². The van der Waals surface area contributed by atoms with E-state index in [2.05, 4.69) is 43.3 Å². The Morgan fingerprint density at radius 3 is 2.76 bits per heavy atom. The molecule has 2 aromatic rings. The minimum atomic E-state index is -0.651. The number of aryl methyl sites for hydroxylation is 2. The average Bonchev–Trinajstić information content (AvgIpc) is 3.04. The minimum absolute atomic E-state index is 0.118. The molecule has 1 spiro atoms. The molecule has 0 aliphatic heterocycles. The lowest BCUT2D eigenvalue weighted by molar-refractivity contribution is -0.139. The first-order valence-electron chi connectivity index (χ1n) is 9.16. The van der Waals surface area contributed by atoms with E-state index >= 15 is 0 Å². The summed E-state index contributed by atoms with van der Waals surface area (Å²) in [6.45, 7) is 2.77. The van der Waals surface area contributed by atoms with E-state index in [4.69, 9.17) is 4.74 Å². The third-order valence-corrected chi connectivity index (χ3v) is 6.13. The molecule has 3 unspecified atom stereocenters. The summed E-state index contributed by atoms with van der Waals surface area (Å²) in [6, 6.07) is 16.7. The molecule has 1 N–H and O–H groups in total. The molecule has 2 aliphatic carbocycles. The van der Waals surface area contributed by atoms with Crippen molar-refractivity contribution in [2.45, 2.75) is 38.0 Å². The second-order valence-electron chi connectivity index (χ2n) is 7.40. The van der Waals surface area contributed by atoms with Gasteiger partial charge in [-0.1, -0.05) is 43.3 Å². The summed E-state index contributed by atoms with van der Waals surface area (Å²) in [7, 11) is 0. The largest absolute Gasteiger partial charge is 0.494 e. The van der Waals surface area contributed by atoms with Gasteiger partial charge in [0.1, 0.15) is 5.75 Å². The van der Waals surface area contributed by atoms with Crippen LogP contribution in [0.2, 0.25) is 0 Å². The third-order valence-electron chi connectivity index (χ3n) is 6.13. The average molecular weight is 336 g/mol. The van der Waals surface area contributed by atoms with Crippen molar-refractivity contribution in [2.75, 3.05) is 6.61 Å². The highest BCUT2D eigenvalue weighted by atomic mass is 16.5. The lowest BCUT2D eigenvalue weighted by atomic mass is 9.94. The molecule has 0 radical (unpaired) electrons. The van der Waals surface area contributed by atoms with Crippen LogP contribution in [-0.4, -0.2) is 17.7 Å². The number of hydrogen-bond donors (Lipinski definition) is 1. The topological polar surface area (TPSA) is 46.5 Å². The molecule has 0 heterocycles. The molecule has 0 amide bonds. The van der Waals surface area contributed by atoms with Gasteiger partial charge < -0.3 is 9.84 Å². The Morgan fingerprint density at radius 2 is 2.04 bits per heavy atom. The number of aliphatic carboxylic acids is 1. The lowest BCUT2D eigenvalue weighted by Crippen LogP contribution is -2.11.